The van der Waals surface area contributed by atoms with E-state index in [1.165, 1.54) is 18.9 Å². The van der Waals surface area contributed by atoms with E-state index >= 15 is 0 Å². The van der Waals surface area contributed by atoms with Gasteiger partial charge in [0.1, 0.15) is 31.1 Å². The molecule has 180 valence electrons. The van der Waals surface area contributed by atoms with Crippen molar-refractivity contribution >= 4 is 22.7 Å². The molecule has 0 aliphatic carbocycles. The van der Waals surface area contributed by atoms with Crippen LogP contribution in [0.25, 0.3) is 11.0 Å². The zero-order valence-corrected chi connectivity index (χ0v) is 18.5. The van der Waals surface area contributed by atoms with Crippen molar-refractivity contribution in [3.63, 3.8) is 0 Å². The Labute approximate surface area is 193 Å². The molecule has 1 N–H and O–H groups in total. The Balaban J connectivity index is 1.56. The van der Waals surface area contributed by atoms with Crippen LogP contribution in [0.3, 0.4) is 0 Å². The molecular formula is C22H23F3N6O3. The Morgan fingerprint density at radius 2 is 2.06 bits per heavy atom. The maximum Gasteiger partial charge on any atom is 0.234 e. The molecule has 2 aliphatic heterocycles. The maximum absolute atomic E-state index is 14.6. The van der Waals surface area contributed by atoms with Crippen LogP contribution in [0.2, 0.25) is 0 Å². The zero-order chi connectivity index (χ0) is 23.8. The predicted molar refractivity (Wildman–Crippen MR) is 117 cm³/mol. The molecule has 4 heterocycles. The van der Waals surface area contributed by atoms with E-state index in [2.05, 4.69) is 20.6 Å². The van der Waals surface area contributed by atoms with E-state index in [0.29, 0.717) is 28.3 Å². The number of ether oxygens (including phenoxy) is 3. The van der Waals surface area contributed by atoms with Gasteiger partial charge in [0.25, 0.3) is 0 Å². The fourth-order valence-corrected chi connectivity index (χ4v) is 4.36. The first kappa shape index (κ1) is 22.4. The lowest BCUT2D eigenvalue weighted by Gasteiger charge is -2.25. The van der Waals surface area contributed by atoms with E-state index < -0.39 is 30.1 Å². The summed E-state index contributed by atoms with van der Waals surface area (Å²) in [5.74, 6) is -0.402. The molecular weight excluding hydrogens is 453 g/mol. The molecule has 0 amide bonds. The van der Waals surface area contributed by atoms with Gasteiger partial charge in [-0.05, 0) is 24.3 Å². The number of fused-ring (bicyclic) bond motifs is 1. The smallest absolute Gasteiger partial charge is 0.234 e. The number of benzene rings is 1. The van der Waals surface area contributed by atoms with Gasteiger partial charge in [-0.3, -0.25) is 5.43 Å². The highest BCUT2D eigenvalue weighted by Crippen LogP contribution is 2.41. The highest BCUT2D eigenvalue weighted by molar-refractivity contribution is 5.89. The second kappa shape index (κ2) is 9.11. The summed E-state index contributed by atoms with van der Waals surface area (Å²) in [7, 11) is 3.06. The standard InChI is InChI=1S/C22H23F3N6O3/c1-32-10-19-27-28-22(34-19)12-5-16-20(26-8-12)31(11-33-2)29-21(16)30-9-14(24)7-18(30)15-6-13(23)3-4-17(15)25/h3-6,8,14,18,22,28H,7,9-11H2,1-2H3/t14-,18+,22?/m0/s1. The summed E-state index contributed by atoms with van der Waals surface area (Å²) in [6, 6.07) is 4.27. The fraction of sp³-hybridized carbons (Fsp3) is 0.409. The van der Waals surface area contributed by atoms with Crippen molar-refractivity contribution in [1.29, 1.82) is 0 Å². The molecule has 12 heteroatoms. The molecule has 9 nitrogen and oxygen atoms in total. The van der Waals surface area contributed by atoms with Gasteiger partial charge in [0.15, 0.2) is 11.5 Å². The molecule has 0 spiro atoms. The van der Waals surface area contributed by atoms with Crippen molar-refractivity contribution in [3.8, 4) is 0 Å². The minimum absolute atomic E-state index is 0.00757. The number of nitrogens with one attached hydrogen (secondary N) is 1. The van der Waals surface area contributed by atoms with Crippen LogP contribution in [0, 0.1) is 11.6 Å². The molecule has 0 saturated carbocycles. The van der Waals surface area contributed by atoms with E-state index in [1.807, 2.05) is 6.07 Å². The van der Waals surface area contributed by atoms with Crippen LogP contribution in [-0.2, 0) is 20.9 Å². The van der Waals surface area contributed by atoms with Gasteiger partial charge in [0, 0.05) is 38.0 Å². The second-order valence-electron chi connectivity index (χ2n) is 8.11. The third kappa shape index (κ3) is 4.03. The Kier molecular flexibility index (Phi) is 6.00. The van der Waals surface area contributed by atoms with Crippen LogP contribution < -0.4 is 10.3 Å². The molecule has 2 aliphatic rings. The number of hydrazone groups is 1. The van der Waals surface area contributed by atoms with Crippen LogP contribution in [0.15, 0.2) is 35.6 Å². The monoisotopic (exact) mass is 476 g/mol. The van der Waals surface area contributed by atoms with Gasteiger partial charge in [-0.25, -0.2) is 22.8 Å². The number of hydrogen-bond donors (Lipinski definition) is 1. The van der Waals surface area contributed by atoms with E-state index in [-0.39, 0.29) is 31.9 Å². The molecule has 1 saturated heterocycles. The molecule has 3 aromatic rings. The predicted octanol–water partition coefficient (Wildman–Crippen LogP) is 3.18. The normalized spacial score (nSPS) is 22.2. The first-order valence-corrected chi connectivity index (χ1v) is 10.7. The molecule has 5 rings (SSSR count). The highest BCUT2D eigenvalue weighted by atomic mass is 19.1. The largest absolute Gasteiger partial charge is 0.448 e. The number of aromatic nitrogens is 3. The highest BCUT2D eigenvalue weighted by Gasteiger charge is 2.38. The molecule has 1 unspecified atom stereocenters. The van der Waals surface area contributed by atoms with Crippen LogP contribution in [0.5, 0.6) is 0 Å². The molecule has 0 bridgehead atoms. The Morgan fingerprint density at radius 3 is 2.85 bits per heavy atom. The van der Waals surface area contributed by atoms with Gasteiger partial charge in [-0.1, -0.05) is 0 Å². The summed E-state index contributed by atoms with van der Waals surface area (Å²) >= 11 is 0. The SMILES string of the molecule is COCC1=NNC(c2cnc3c(c2)c(N2C[C@@H](F)C[C@@H]2c2cc(F)ccc2F)nn3COC)O1. The van der Waals surface area contributed by atoms with Crippen LogP contribution >= 0.6 is 0 Å². The van der Waals surface area contributed by atoms with E-state index in [1.54, 1.807) is 11.1 Å². The lowest BCUT2D eigenvalue weighted by Crippen LogP contribution is -2.25. The number of alkyl halides is 1. The summed E-state index contributed by atoms with van der Waals surface area (Å²) in [6.45, 7) is 0.292. The van der Waals surface area contributed by atoms with Gasteiger partial charge < -0.3 is 19.1 Å². The minimum Gasteiger partial charge on any atom is -0.448 e. The van der Waals surface area contributed by atoms with Crippen LogP contribution in [-0.4, -0.2) is 54.2 Å². The summed E-state index contributed by atoms with van der Waals surface area (Å²) in [6.07, 6.45) is -0.205. The van der Waals surface area contributed by atoms with E-state index in [0.717, 1.165) is 18.2 Å². The number of anilines is 1. The maximum atomic E-state index is 14.6. The summed E-state index contributed by atoms with van der Waals surface area (Å²) in [5.41, 5.74) is 4.11. The van der Waals surface area contributed by atoms with Gasteiger partial charge in [-0.2, -0.15) is 5.10 Å². The van der Waals surface area contributed by atoms with Crippen molar-refractivity contribution < 1.29 is 27.4 Å². The van der Waals surface area contributed by atoms with Crippen LogP contribution in [0.1, 0.15) is 29.8 Å². The molecule has 2 aromatic heterocycles. The van der Waals surface area contributed by atoms with Gasteiger partial charge in [0.05, 0.1) is 18.0 Å². The molecule has 1 aromatic carbocycles. The van der Waals surface area contributed by atoms with Gasteiger partial charge >= 0.3 is 0 Å². The number of nitrogens with zero attached hydrogens (tertiary/aromatic N) is 5. The van der Waals surface area contributed by atoms with E-state index in [9.17, 15) is 13.2 Å². The third-order valence-corrected chi connectivity index (χ3v) is 5.81. The number of methoxy groups -OCH3 is 2. The van der Waals surface area contributed by atoms with Crippen LogP contribution in [0.4, 0.5) is 19.0 Å². The first-order valence-electron chi connectivity index (χ1n) is 10.7. The average Bonchev–Trinajstić information content (AvgIpc) is 3.53. The lowest BCUT2D eigenvalue weighted by molar-refractivity contribution is 0.124. The molecule has 1 fully saturated rings. The van der Waals surface area contributed by atoms with Crippen molar-refractivity contribution in [2.24, 2.45) is 5.10 Å². The average molecular weight is 476 g/mol. The molecule has 3 atom stereocenters. The Bertz CT molecular complexity index is 1240. The quantitative estimate of drug-likeness (QED) is 0.561. The minimum atomic E-state index is -1.24. The summed E-state index contributed by atoms with van der Waals surface area (Å²) in [5, 5.41) is 9.28. The second-order valence-corrected chi connectivity index (χ2v) is 8.11. The number of halogens is 3. The summed E-state index contributed by atoms with van der Waals surface area (Å²) < 4.78 is 60.8. The van der Waals surface area contributed by atoms with Gasteiger partial charge in [0.2, 0.25) is 12.1 Å². The topological polar surface area (TPSA) is 86.0 Å². The van der Waals surface area contributed by atoms with Crippen molar-refractivity contribution in [3.05, 3.63) is 53.2 Å². The lowest BCUT2D eigenvalue weighted by atomic mass is 10.0. The van der Waals surface area contributed by atoms with Crippen molar-refractivity contribution in [1.82, 2.24) is 20.2 Å². The third-order valence-electron chi connectivity index (χ3n) is 5.81. The Hall–Kier alpha value is -3.38. The number of hydrogen-bond acceptors (Lipinski definition) is 8. The van der Waals surface area contributed by atoms with Crippen molar-refractivity contribution in [2.75, 3.05) is 32.3 Å². The number of rotatable bonds is 7. The fourth-order valence-electron chi connectivity index (χ4n) is 4.36. The Morgan fingerprint density at radius 1 is 1.21 bits per heavy atom. The first-order chi connectivity index (χ1) is 16.5. The number of pyridine rings is 1. The zero-order valence-electron chi connectivity index (χ0n) is 18.5. The molecule has 34 heavy (non-hydrogen) atoms. The van der Waals surface area contributed by atoms with Crippen molar-refractivity contribution in [2.45, 2.75) is 31.6 Å². The van der Waals surface area contributed by atoms with E-state index in [4.69, 9.17) is 14.2 Å². The summed E-state index contributed by atoms with van der Waals surface area (Å²) in [4.78, 5) is 6.17. The van der Waals surface area contributed by atoms with Gasteiger partial charge in [-0.15, -0.1) is 5.10 Å². The molecule has 0 radical (unpaired) electrons.